The molecule has 1 N–H and O–H groups in total. The average molecular weight is 558 g/mol. The highest BCUT2D eigenvalue weighted by molar-refractivity contribution is 5.84. The number of hydrogen-bond acceptors (Lipinski definition) is 4. The first-order valence-electron chi connectivity index (χ1n) is 16.1. The van der Waals surface area contributed by atoms with Crippen molar-refractivity contribution < 1.29 is 24.2 Å². The lowest BCUT2D eigenvalue weighted by molar-refractivity contribution is -0.156. The Morgan fingerprint density at radius 2 is 1.75 bits per heavy atom. The van der Waals surface area contributed by atoms with Gasteiger partial charge in [0.15, 0.2) is 0 Å². The Kier molecular flexibility index (Phi) is 9.46. The second-order valence-electron chi connectivity index (χ2n) is 15.0. The van der Waals surface area contributed by atoms with Crippen LogP contribution in [-0.2, 0) is 19.1 Å². The lowest BCUT2D eigenvalue weighted by atomic mass is 9.41. The number of carboxylic acid groups (broad SMARTS) is 1. The molecule has 3 fully saturated rings. The normalized spacial score (nSPS) is 36.7. The molecule has 7 unspecified atom stereocenters. The molecule has 0 saturated heterocycles. The van der Waals surface area contributed by atoms with Gasteiger partial charge in [0.05, 0.1) is 6.42 Å². The molecule has 0 radical (unpaired) electrons. The topological polar surface area (TPSA) is 83.9 Å². The first-order valence-corrected chi connectivity index (χ1v) is 16.1. The van der Waals surface area contributed by atoms with Crippen LogP contribution in [0, 0.1) is 39.9 Å². The number of nitrogens with zero attached hydrogens (tertiary/aromatic N) is 1. The summed E-state index contributed by atoms with van der Waals surface area (Å²) in [5, 5.41) is 8.80. The fraction of sp³-hybridized carbons (Fsp3) is 0.853. The Labute approximate surface area is 242 Å². The van der Waals surface area contributed by atoms with Crippen molar-refractivity contribution in [3.63, 3.8) is 0 Å². The fourth-order valence-corrected chi connectivity index (χ4v) is 9.82. The Morgan fingerprint density at radius 3 is 2.45 bits per heavy atom. The Hall–Kier alpha value is -1.85. The van der Waals surface area contributed by atoms with Crippen molar-refractivity contribution in [3.05, 3.63) is 11.6 Å². The van der Waals surface area contributed by atoms with Crippen molar-refractivity contribution >= 4 is 17.8 Å². The van der Waals surface area contributed by atoms with Gasteiger partial charge in [0, 0.05) is 19.9 Å². The molecule has 7 atom stereocenters. The zero-order chi connectivity index (χ0) is 29.3. The number of esters is 1. The van der Waals surface area contributed by atoms with E-state index in [4.69, 9.17) is 9.84 Å². The Balaban J connectivity index is 1.36. The molecule has 0 aromatic rings. The van der Waals surface area contributed by atoms with Gasteiger partial charge in [0.1, 0.15) is 12.6 Å². The number of allylic oxidation sites excluding steroid dienone is 1. The van der Waals surface area contributed by atoms with Crippen molar-refractivity contribution in [3.8, 4) is 0 Å². The molecule has 4 aliphatic rings. The molecule has 4 rings (SSSR count). The van der Waals surface area contributed by atoms with Crippen molar-refractivity contribution in [2.45, 2.75) is 131 Å². The number of carbonyl (C=O) groups excluding carboxylic acids is 2. The SMILES string of the molecule is CC(C)CCCCC1CCC2C1(C)CCC1C3(C)CCC(OC(=O)CN(C)C(=O)CCC(=O)O)CC3=CCC12C. The van der Waals surface area contributed by atoms with Gasteiger partial charge in [-0.2, -0.15) is 0 Å². The zero-order valence-electron chi connectivity index (χ0n) is 26.1. The van der Waals surface area contributed by atoms with E-state index < -0.39 is 11.9 Å². The second kappa shape index (κ2) is 12.2. The molecular formula is C34H55NO5. The largest absolute Gasteiger partial charge is 0.481 e. The molecule has 0 aliphatic heterocycles. The van der Waals surface area contributed by atoms with Crippen LogP contribution < -0.4 is 0 Å². The monoisotopic (exact) mass is 557 g/mol. The van der Waals surface area contributed by atoms with E-state index >= 15 is 0 Å². The van der Waals surface area contributed by atoms with E-state index in [1.807, 2.05) is 0 Å². The molecule has 6 heteroatoms. The van der Waals surface area contributed by atoms with Crippen molar-refractivity contribution in [1.82, 2.24) is 4.90 Å². The minimum atomic E-state index is -1.01. The van der Waals surface area contributed by atoms with Crippen LogP contribution in [0.25, 0.3) is 0 Å². The van der Waals surface area contributed by atoms with Crippen molar-refractivity contribution in [2.24, 2.45) is 39.9 Å². The predicted molar refractivity (Wildman–Crippen MR) is 158 cm³/mol. The van der Waals surface area contributed by atoms with Gasteiger partial charge in [-0.1, -0.05) is 65.5 Å². The molecule has 4 aliphatic carbocycles. The minimum Gasteiger partial charge on any atom is -0.481 e. The van der Waals surface area contributed by atoms with E-state index in [2.05, 4.69) is 40.7 Å². The van der Waals surface area contributed by atoms with Crippen LogP contribution in [-0.4, -0.2) is 47.5 Å². The van der Waals surface area contributed by atoms with Crippen LogP contribution in [0.4, 0.5) is 0 Å². The van der Waals surface area contributed by atoms with Crippen LogP contribution in [0.3, 0.4) is 0 Å². The van der Waals surface area contributed by atoms with Crippen LogP contribution in [0.1, 0.15) is 125 Å². The summed E-state index contributed by atoms with van der Waals surface area (Å²) in [6.45, 7) is 12.3. The zero-order valence-corrected chi connectivity index (χ0v) is 26.1. The lowest BCUT2D eigenvalue weighted by Gasteiger charge is -2.63. The summed E-state index contributed by atoms with van der Waals surface area (Å²) in [6, 6.07) is 0. The molecule has 6 nitrogen and oxygen atoms in total. The Bertz CT molecular complexity index is 989. The number of rotatable bonds is 11. The summed E-state index contributed by atoms with van der Waals surface area (Å²) in [5.74, 6) is 1.41. The third kappa shape index (κ3) is 6.16. The van der Waals surface area contributed by atoms with Crippen LogP contribution in [0.5, 0.6) is 0 Å². The van der Waals surface area contributed by atoms with Gasteiger partial charge in [0.25, 0.3) is 0 Å². The maximum atomic E-state index is 12.6. The summed E-state index contributed by atoms with van der Waals surface area (Å²) in [7, 11) is 1.53. The third-order valence-corrected chi connectivity index (χ3v) is 12.0. The van der Waals surface area contributed by atoms with E-state index in [1.54, 1.807) is 0 Å². The second-order valence-corrected chi connectivity index (χ2v) is 15.0. The van der Waals surface area contributed by atoms with Gasteiger partial charge >= 0.3 is 11.9 Å². The number of likely N-dealkylation sites (N-methyl/N-ethyl adjacent to an activating group) is 1. The summed E-state index contributed by atoms with van der Waals surface area (Å²) in [4.78, 5) is 36.8. The van der Waals surface area contributed by atoms with Crippen LogP contribution in [0.15, 0.2) is 11.6 Å². The highest BCUT2D eigenvalue weighted by atomic mass is 16.5. The molecule has 3 saturated carbocycles. The number of carbonyl (C=O) groups is 3. The molecule has 0 aromatic heterocycles. The van der Waals surface area contributed by atoms with E-state index in [9.17, 15) is 14.4 Å². The van der Waals surface area contributed by atoms with E-state index in [1.165, 1.54) is 68.9 Å². The van der Waals surface area contributed by atoms with Gasteiger partial charge in [-0.3, -0.25) is 14.4 Å². The summed E-state index contributed by atoms with van der Waals surface area (Å²) in [5.41, 5.74) is 2.49. The highest BCUT2D eigenvalue weighted by Gasteiger charge is 2.63. The van der Waals surface area contributed by atoms with E-state index in [-0.39, 0.29) is 36.8 Å². The smallest absolute Gasteiger partial charge is 0.325 e. The first-order chi connectivity index (χ1) is 18.8. The van der Waals surface area contributed by atoms with Crippen LogP contribution >= 0.6 is 0 Å². The summed E-state index contributed by atoms with van der Waals surface area (Å²) in [6.07, 6.45) is 16.9. The Morgan fingerprint density at radius 1 is 1.00 bits per heavy atom. The summed E-state index contributed by atoms with van der Waals surface area (Å²) >= 11 is 0. The van der Waals surface area contributed by atoms with Gasteiger partial charge in [-0.15, -0.1) is 0 Å². The van der Waals surface area contributed by atoms with Gasteiger partial charge in [-0.25, -0.2) is 0 Å². The first kappa shape index (κ1) is 31.1. The maximum absolute atomic E-state index is 12.6. The molecule has 0 spiro atoms. The minimum absolute atomic E-state index is 0.104. The average Bonchev–Trinajstić information content (AvgIpc) is 3.22. The lowest BCUT2D eigenvalue weighted by Crippen LogP contribution is -2.56. The van der Waals surface area contributed by atoms with E-state index in [0.29, 0.717) is 16.7 Å². The number of carboxylic acids is 1. The molecule has 0 aromatic carbocycles. The molecule has 0 heterocycles. The molecule has 0 bridgehead atoms. The van der Waals surface area contributed by atoms with Crippen LogP contribution in [0.2, 0.25) is 0 Å². The number of hydrogen-bond donors (Lipinski definition) is 1. The number of fused-ring (bicyclic) bond motifs is 5. The van der Waals surface area contributed by atoms with Crippen molar-refractivity contribution in [2.75, 3.05) is 13.6 Å². The third-order valence-electron chi connectivity index (χ3n) is 12.0. The maximum Gasteiger partial charge on any atom is 0.325 e. The fourth-order valence-electron chi connectivity index (χ4n) is 9.82. The van der Waals surface area contributed by atoms with E-state index in [0.717, 1.165) is 43.4 Å². The van der Waals surface area contributed by atoms with Gasteiger partial charge < -0.3 is 14.7 Å². The number of amides is 1. The molecule has 40 heavy (non-hydrogen) atoms. The number of ether oxygens (including phenoxy) is 1. The molecular weight excluding hydrogens is 502 g/mol. The summed E-state index contributed by atoms with van der Waals surface area (Å²) < 4.78 is 5.86. The van der Waals surface area contributed by atoms with Gasteiger partial charge in [-0.05, 0) is 91.3 Å². The van der Waals surface area contributed by atoms with Crippen molar-refractivity contribution in [1.29, 1.82) is 0 Å². The van der Waals surface area contributed by atoms with Gasteiger partial charge in [0.2, 0.25) is 5.91 Å². The highest BCUT2D eigenvalue weighted by Crippen LogP contribution is 2.71. The molecule has 226 valence electrons. The quantitative estimate of drug-likeness (QED) is 0.162. The number of aliphatic carboxylic acids is 1. The molecule has 1 amide bonds. The standard InChI is InChI=1S/C34H55NO5/c1-23(2)9-7-8-10-24-11-12-27-32(24,3)20-17-28-33(4)19-16-26(21-25(33)15-18-34(27,28)5)40-31(39)22-35(6)29(36)13-14-30(37)38/h15,23-24,26-28H,7-14,16-22H2,1-6H3,(H,37,38). The number of unbranched alkanes of at least 4 members (excludes halogenated alkanes) is 1. The predicted octanol–water partition coefficient (Wildman–Crippen LogP) is 7.41.